The van der Waals surface area contributed by atoms with Gasteiger partial charge in [-0.3, -0.25) is 9.59 Å². The monoisotopic (exact) mass is 353 g/mol. The number of likely N-dealkylation sites (tertiary alicyclic amines) is 1. The summed E-state index contributed by atoms with van der Waals surface area (Å²) >= 11 is 6.14. The van der Waals surface area contributed by atoms with Crippen molar-refractivity contribution in [2.75, 3.05) is 26.8 Å². The van der Waals surface area contributed by atoms with Gasteiger partial charge in [0.1, 0.15) is 16.6 Å². The minimum atomic E-state index is -2.77. The van der Waals surface area contributed by atoms with Crippen LogP contribution in [-0.4, -0.2) is 54.0 Å². The van der Waals surface area contributed by atoms with Gasteiger partial charge >= 0.3 is 0 Å². The molecule has 0 atom stereocenters. The van der Waals surface area contributed by atoms with Crippen molar-refractivity contribution in [3.8, 4) is 0 Å². The van der Waals surface area contributed by atoms with Crippen LogP contribution in [0.5, 0.6) is 0 Å². The molecule has 1 aromatic heterocycles. The molecule has 0 radical (unpaired) electrons. The molecule has 1 N–H and O–H groups in total. The van der Waals surface area contributed by atoms with Crippen molar-refractivity contribution in [3.05, 3.63) is 15.0 Å². The lowest BCUT2D eigenvalue weighted by atomic mass is 9.92. The number of thiazole rings is 1. The predicted molar refractivity (Wildman–Crippen MR) is 76.4 cm³/mol. The summed E-state index contributed by atoms with van der Waals surface area (Å²) in [7, 11) is 1.42. The molecule has 10 heteroatoms. The van der Waals surface area contributed by atoms with Crippen molar-refractivity contribution in [2.45, 2.75) is 18.9 Å². The Morgan fingerprint density at radius 2 is 2.18 bits per heavy atom. The van der Waals surface area contributed by atoms with Crippen LogP contribution in [0.15, 0.2) is 0 Å². The van der Waals surface area contributed by atoms with E-state index in [0.717, 1.165) is 0 Å². The number of aromatic nitrogens is 1. The highest BCUT2D eigenvalue weighted by Gasteiger charge is 2.42. The number of carbonyl (C=O) groups excluding carboxylic acids is 2. The number of rotatable bonds is 5. The Bertz CT molecular complexity index is 590. The van der Waals surface area contributed by atoms with Crippen molar-refractivity contribution in [2.24, 2.45) is 0 Å². The van der Waals surface area contributed by atoms with Gasteiger partial charge in [-0.2, -0.15) is 0 Å². The molecule has 0 bridgehead atoms. The van der Waals surface area contributed by atoms with E-state index in [4.69, 9.17) is 16.3 Å². The van der Waals surface area contributed by atoms with Gasteiger partial charge in [-0.25, -0.2) is 13.8 Å². The van der Waals surface area contributed by atoms with Crippen molar-refractivity contribution in [1.82, 2.24) is 15.2 Å². The molecule has 2 heterocycles. The number of hydrogen-bond donors (Lipinski definition) is 1. The Kier molecular flexibility index (Phi) is 4.98. The molecular formula is C12H14ClF2N3O3S. The predicted octanol–water partition coefficient (Wildman–Crippen LogP) is 1.71. The maximum atomic E-state index is 12.6. The number of alkyl halides is 2. The molecule has 2 rings (SSSR count). The Labute approximate surface area is 134 Å². The summed E-state index contributed by atoms with van der Waals surface area (Å²) in [5, 5.41) is 2.20. The first-order valence-corrected chi connectivity index (χ1v) is 7.49. The van der Waals surface area contributed by atoms with Crippen LogP contribution in [-0.2, 0) is 9.53 Å². The molecule has 22 heavy (non-hydrogen) atoms. The van der Waals surface area contributed by atoms with Gasteiger partial charge in [0.05, 0.1) is 5.54 Å². The molecule has 2 amide bonds. The molecule has 6 nitrogen and oxygen atoms in total. The van der Waals surface area contributed by atoms with Gasteiger partial charge in [-0.15, -0.1) is 11.3 Å². The number of methoxy groups -OCH3 is 1. The van der Waals surface area contributed by atoms with E-state index in [0.29, 0.717) is 24.4 Å². The van der Waals surface area contributed by atoms with E-state index >= 15 is 0 Å². The molecule has 1 aromatic rings. The maximum Gasteiger partial charge on any atom is 0.280 e. The first kappa shape index (κ1) is 17.0. The van der Waals surface area contributed by atoms with Crippen molar-refractivity contribution in [1.29, 1.82) is 0 Å². The zero-order valence-corrected chi connectivity index (χ0v) is 13.4. The maximum absolute atomic E-state index is 12.6. The number of halogens is 3. The number of ether oxygens (including phenoxy) is 1. The van der Waals surface area contributed by atoms with Crippen LogP contribution in [0.1, 0.15) is 28.0 Å². The highest BCUT2D eigenvalue weighted by molar-refractivity contribution is 7.14. The molecule has 1 aliphatic heterocycles. The molecule has 0 aliphatic carbocycles. The Morgan fingerprint density at radius 3 is 2.68 bits per heavy atom. The fourth-order valence-corrected chi connectivity index (χ4v) is 3.18. The van der Waals surface area contributed by atoms with Gasteiger partial charge in [-0.05, 0) is 6.92 Å². The molecule has 0 spiro atoms. The highest BCUT2D eigenvalue weighted by Crippen LogP contribution is 2.32. The molecule has 122 valence electrons. The van der Waals surface area contributed by atoms with Crippen molar-refractivity contribution < 1.29 is 23.1 Å². The summed E-state index contributed by atoms with van der Waals surface area (Å²) in [6.45, 7) is 2.37. The van der Waals surface area contributed by atoms with Gasteiger partial charge in [-0.1, -0.05) is 11.6 Å². The minimum Gasteiger partial charge on any atom is -0.375 e. The lowest BCUT2D eigenvalue weighted by molar-refractivity contribution is -0.142. The fourth-order valence-electron chi connectivity index (χ4n) is 2.14. The molecule has 0 saturated carbocycles. The standard InChI is InChI=1S/C12H14ClF2N3O3S/c1-12(4-18(5-12)6(19)3-21-2)17-10(20)11-16-8(13)7(22-11)9(14)15/h9H,3-5H2,1-2H3,(H,17,20). The molecule has 1 fully saturated rings. The molecule has 1 aliphatic rings. The third-order valence-electron chi connectivity index (χ3n) is 3.12. The number of amides is 2. The van der Waals surface area contributed by atoms with Crippen LogP contribution in [0.25, 0.3) is 0 Å². The van der Waals surface area contributed by atoms with E-state index in [1.54, 1.807) is 6.92 Å². The van der Waals surface area contributed by atoms with Gasteiger partial charge in [0, 0.05) is 20.2 Å². The summed E-state index contributed by atoms with van der Waals surface area (Å²) in [5.41, 5.74) is -0.621. The van der Waals surface area contributed by atoms with Crippen LogP contribution < -0.4 is 5.32 Å². The molecular weight excluding hydrogens is 340 g/mol. The lowest BCUT2D eigenvalue weighted by Gasteiger charge is -2.48. The largest absolute Gasteiger partial charge is 0.375 e. The van der Waals surface area contributed by atoms with Gasteiger partial charge in [0.25, 0.3) is 12.3 Å². The SMILES string of the molecule is COCC(=O)N1CC(C)(NC(=O)c2nc(Cl)c(C(F)F)s2)C1. The zero-order valence-electron chi connectivity index (χ0n) is 11.9. The summed E-state index contributed by atoms with van der Waals surface area (Å²) in [4.78, 5) is 28.4. The Balaban J connectivity index is 1.96. The normalized spacial score (nSPS) is 16.5. The fraction of sp³-hybridized carbons (Fsp3) is 0.583. The van der Waals surface area contributed by atoms with Crippen LogP contribution in [0.3, 0.4) is 0 Å². The average Bonchev–Trinajstić information content (AvgIpc) is 2.78. The number of nitrogens with zero attached hydrogens (tertiary/aromatic N) is 2. The quantitative estimate of drug-likeness (QED) is 0.874. The molecule has 0 unspecified atom stereocenters. The average molecular weight is 354 g/mol. The van der Waals surface area contributed by atoms with Gasteiger partial charge in [0.15, 0.2) is 5.01 Å². The second-order valence-electron chi connectivity index (χ2n) is 5.17. The van der Waals surface area contributed by atoms with Crippen LogP contribution >= 0.6 is 22.9 Å². The van der Waals surface area contributed by atoms with Crippen molar-refractivity contribution >= 4 is 34.8 Å². The molecule has 1 saturated heterocycles. The van der Waals surface area contributed by atoms with Gasteiger partial charge in [0.2, 0.25) is 5.91 Å². The summed E-state index contributed by atoms with van der Waals surface area (Å²) in [6.07, 6.45) is -2.77. The number of nitrogens with one attached hydrogen (secondary N) is 1. The zero-order chi connectivity index (χ0) is 16.5. The Hall–Kier alpha value is -1.32. The van der Waals surface area contributed by atoms with E-state index in [9.17, 15) is 18.4 Å². The van der Waals surface area contributed by atoms with Gasteiger partial charge < -0.3 is 15.0 Å². The number of carbonyl (C=O) groups is 2. The van der Waals surface area contributed by atoms with Crippen LogP contribution in [0.2, 0.25) is 5.15 Å². The summed E-state index contributed by atoms with van der Waals surface area (Å²) < 4.78 is 30.0. The third-order valence-corrected chi connectivity index (χ3v) is 4.58. The first-order valence-electron chi connectivity index (χ1n) is 6.29. The highest BCUT2D eigenvalue weighted by atomic mass is 35.5. The van der Waals surface area contributed by atoms with E-state index in [1.807, 2.05) is 0 Å². The minimum absolute atomic E-state index is 0.0239. The van der Waals surface area contributed by atoms with Crippen molar-refractivity contribution in [3.63, 3.8) is 0 Å². The smallest absolute Gasteiger partial charge is 0.280 e. The first-order chi connectivity index (χ1) is 10.3. The lowest BCUT2D eigenvalue weighted by Crippen LogP contribution is -2.70. The van der Waals surface area contributed by atoms with Crippen LogP contribution in [0.4, 0.5) is 8.78 Å². The Morgan fingerprint density at radius 1 is 1.55 bits per heavy atom. The van der Waals surface area contributed by atoms with E-state index in [2.05, 4.69) is 10.3 Å². The summed E-state index contributed by atoms with van der Waals surface area (Å²) in [5.74, 6) is -0.758. The second kappa shape index (κ2) is 6.43. The number of hydrogen-bond acceptors (Lipinski definition) is 5. The van der Waals surface area contributed by atoms with E-state index in [-0.39, 0.29) is 22.7 Å². The van der Waals surface area contributed by atoms with Crippen LogP contribution in [0, 0.1) is 0 Å². The second-order valence-corrected chi connectivity index (χ2v) is 6.56. The third kappa shape index (κ3) is 3.53. The summed E-state index contributed by atoms with van der Waals surface area (Å²) in [6, 6.07) is 0. The topological polar surface area (TPSA) is 71.5 Å². The molecule has 0 aromatic carbocycles. The van der Waals surface area contributed by atoms with E-state index in [1.165, 1.54) is 12.0 Å². The van der Waals surface area contributed by atoms with E-state index < -0.39 is 22.7 Å².